The molecule has 0 N–H and O–H groups in total. The Labute approximate surface area is 162 Å². The SMILES string of the molecule is CCN1C(=O)C(=Cc2cccn2-c2ccc(Cl)cc2)C(=O)N(CC)C1=S. The first kappa shape index (κ1) is 18.4. The summed E-state index contributed by atoms with van der Waals surface area (Å²) < 4.78 is 1.89. The van der Waals surface area contributed by atoms with Gasteiger partial charge in [-0.15, -0.1) is 0 Å². The van der Waals surface area contributed by atoms with Crippen molar-refractivity contribution in [2.45, 2.75) is 13.8 Å². The second-order valence-corrected chi connectivity index (χ2v) is 6.52. The van der Waals surface area contributed by atoms with E-state index in [-0.39, 0.29) is 22.5 Å². The van der Waals surface area contributed by atoms with Gasteiger partial charge in [-0.2, -0.15) is 0 Å². The maximum atomic E-state index is 12.8. The molecule has 0 radical (unpaired) electrons. The third-order valence-electron chi connectivity index (χ3n) is 4.22. The maximum Gasteiger partial charge on any atom is 0.265 e. The van der Waals surface area contributed by atoms with Gasteiger partial charge >= 0.3 is 0 Å². The van der Waals surface area contributed by atoms with Gasteiger partial charge in [0.25, 0.3) is 11.8 Å². The molecule has 1 aromatic heterocycles. The van der Waals surface area contributed by atoms with E-state index in [4.69, 9.17) is 23.8 Å². The molecule has 1 aromatic carbocycles. The highest BCUT2D eigenvalue weighted by molar-refractivity contribution is 7.80. The van der Waals surface area contributed by atoms with Gasteiger partial charge < -0.3 is 4.57 Å². The second kappa shape index (κ2) is 7.43. The molecule has 3 rings (SSSR count). The van der Waals surface area contributed by atoms with Gasteiger partial charge in [-0.3, -0.25) is 19.4 Å². The molecule has 1 fully saturated rings. The highest BCUT2D eigenvalue weighted by Gasteiger charge is 2.37. The van der Waals surface area contributed by atoms with Crippen molar-refractivity contribution in [2.24, 2.45) is 0 Å². The molecule has 5 nitrogen and oxygen atoms in total. The Morgan fingerprint density at radius 3 is 2.12 bits per heavy atom. The normalized spacial score (nSPS) is 15.0. The van der Waals surface area contributed by atoms with Gasteiger partial charge in [0, 0.05) is 35.7 Å². The summed E-state index contributed by atoms with van der Waals surface area (Å²) in [7, 11) is 0. The Morgan fingerprint density at radius 1 is 1.00 bits per heavy atom. The lowest BCUT2D eigenvalue weighted by Gasteiger charge is -2.35. The molecule has 2 heterocycles. The van der Waals surface area contributed by atoms with Gasteiger partial charge in [-0.1, -0.05) is 11.6 Å². The number of halogens is 1. The fraction of sp³-hybridized carbons (Fsp3) is 0.211. The lowest BCUT2D eigenvalue weighted by molar-refractivity contribution is -0.133. The third kappa shape index (κ3) is 3.18. The van der Waals surface area contributed by atoms with Crippen molar-refractivity contribution in [3.05, 3.63) is 58.9 Å². The molecule has 0 unspecified atom stereocenters. The zero-order valence-electron chi connectivity index (χ0n) is 14.5. The number of carbonyl (C=O) groups excluding carboxylic acids is 2. The van der Waals surface area contributed by atoms with Gasteiger partial charge in [0.05, 0.1) is 0 Å². The van der Waals surface area contributed by atoms with E-state index >= 15 is 0 Å². The highest BCUT2D eigenvalue weighted by Crippen LogP contribution is 2.22. The van der Waals surface area contributed by atoms with Gasteiger partial charge in [0.15, 0.2) is 5.11 Å². The van der Waals surface area contributed by atoms with Gasteiger partial charge in [-0.05, 0) is 68.5 Å². The van der Waals surface area contributed by atoms with Crippen molar-refractivity contribution in [1.29, 1.82) is 0 Å². The minimum absolute atomic E-state index is 0.108. The van der Waals surface area contributed by atoms with Crippen LogP contribution in [0.15, 0.2) is 48.2 Å². The number of nitrogens with zero attached hydrogens (tertiary/aromatic N) is 3. The van der Waals surface area contributed by atoms with Crippen molar-refractivity contribution < 1.29 is 9.59 Å². The zero-order valence-corrected chi connectivity index (χ0v) is 16.0. The Morgan fingerprint density at radius 2 is 1.58 bits per heavy atom. The average molecular weight is 388 g/mol. The number of likely N-dealkylation sites (N-methyl/N-ethyl adjacent to an activating group) is 2. The van der Waals surface area contributed by atoms with Crippen LogP contribution in [-0.4, -0.2) is 44.4 Å². The minimum Gasteiger partial charge on any atom is -0.317 e. The Bertz CT molecular complexity index is 874. The molecule has 26 heavy (non-hydrogen) atoms. The molecular formula is C19H18ClN3O2S. The number of rotatable bonds is 4. The molecule has 2 aromatic rings. The van der Waals surface area contributed by atoms with Crippen LogP contribution < -0.4 is 0 Å². The van der Waals surface area contributed by atoms with Crippen LogP contribution in [0.1, 0.15) is 19.5 Å². The molecular weight excluding hydrogens is 370 g/mol. The molecule has 0 spiro atoms. The largest absolute Gasteiger partial charge is 0.317 e. The fourth-order valence-corrected chi connectivity index (χ4v) is 3.43. The average Bonchev–Trinajstić information content (AvgIpc) is 3.08. The van der Waals surface area contributed by atoms with E-state index in [1.54, 1.807) is 18.2 Å². The van der Waals surface area contributed by atoms with Crippen LogP contribution in [0.2, 0.25) is 5.02 Å². The summed E-state index contributed by atoms with van der Waals surface area (Å²) in [6.07, 6.45) is 3.49. The van der Waals surface area contributed by atoms with E-state index in [1.165, 1.54) is 9.80 Å². The highest BCUT2D eigenvalue weighted by atomic mass is 35.5. The van der Waals surface area contributed by atoms with Crippen LogP contribution in [-0.2, 0) is 9.59 Å². The smallest absolute Gasteiger partial charge is 0.265 e. The van der Waals surface area contributed by atoms with Gasteiger partial charge in [-0.25, -0.2) is 0 Å². The molecule has 0 saturated carbocycles. The number of aromatic nitrogens is 1. The van der Waals surface area contributed by atoms with Crippen molar-refractivity contribution in [1.82, 2.24) is 14.4 Å². The Balaban J connectivity index is 2.05. The molecule has 1 saturated heterocycles. The Kier molecular flexibility index (Phi) is 5.25. The molecule has 0 atom stereocenters. The van der Waals surface area contributed by atoms with Crippen LogP contribution in [0.5, 0.6) is 0 Å². The summed E-state index contributed by atoms with van der Waals surface area (Å²) in [6.45, 7) is 4.50. The van der Waals surface area contributed by atoms with Crippen molar-refractivity contribution in [2.75, 3.05) is 13.1 Å². The summed E-state index contributed by atoms with van der Waals surface area (Å²) in [6, 6.07) is 11.0. The molecule has 0 aliphatic carbocycles. The fourth-order valence-electron chi connectivity index (χ4n) is 2.88. The van der Waals surface area contributed by atoms with E-state index in [9.17, 15) is 9.59 Å². The van der Waals surface area contributed by atoms with Crippen molar-refractivity contribution >= 4 is 46.8 Å². The summed E-state index contributed by atoms with van der Waals surface area (Å²) in [5, 5.41) is 0.902. The van der Waals surface area contributed by atoms with E-state index in [0.29, 0.717) is 18.1 Å². The number of carbonyl (C=O) groups is 2. The van der Waals surface area contributed by atoms with Crippen LogP contribution in [0.25, 0.3) is 11.8 Å². The summed E-state index contributed by atoms with van der Waals surface area (Å²) in [4.78, 5) is 28.4. The summed E-state index contributed by atoms with van der Waals surface area (Å²) in [5.41, 5.74) is 1.72. The van der Waals surface area contributed by atoms with Crippen LogP contribution in [0.3, 0.4) is 0 Å². The maximum absolute atomic E-state index is 12.8. The second-order valence-electron chi connectivity index (χ2n) is 5.72. The summed E-state index contributed by atoms with van der Waals surface area (Å²) >= 11 is 11.2. The quantitative estimate of drug-likeness (QED) is 0.458. The number of benzene rings is 1. The van der Waals surface area contributed by atoms with Crippen molar-refractivity contribution in [3.8, 4) is 5.69 Å². The number of hydrogen-bond acceptors (Lipinski definition) is 3. The number of hydrogen-bond donors (Lipinski definition) is 0. The summed E-state index contributed by atoms with van der Waals surface area (Å²) in [5.74, 6) is -0.730. The van der Waals surface area contributed by atoms with Crippen LogP contribution in [0.4, 0.5) is 0 Å². The molecule has 1 aliphatic heterocycles. The first-order valence-electron chi connectivity index (χ1n) is 8.30. The predicted molar refractivity (Wildman–Crippen MR) is 106 cm³/mol. The first-order valence-corrected chi connectivity index (χ1v) is 9.09. The zero-order chi connectivity index (χ0) is 18.8. The monoisotopic (exact) mass is 387 g/mol. The predicted octanol–water partition coefficient (Wildman–Crippen LogP) is 3.51. The standard InChI is InChI=1S/C19H18ClN3O2S/c1-3-21-17(24)16(18(25)22(4-2)19(21)26)12-15-6-5-11-23(15)14-9-7-13(20)8-10-14/h5-12H,3-4H2,1-2H3. The molecule has 1 aliphatic rings. The Hall–Kier alpha value is -2.44. The van der Waals surface area contributed by atoms with Crippen LogP contribution >= 0.6 is 23.8 Å². The number of thiocarbonyl (C=S) groups is 1. The molecule has 0 bridgehead atoms. The first-order chi connectivity index (χ1) is 12.5. The minimum atomic E-state index is -0.365. The lowest BCUT2D eigenvalue weighted by Crippen LogP contribution is -2.55. The van der Waals surface area contributed by atoms with Gasteiger partial charge in [0.1, 0.15) is 5.57 Å². The topological polar surface area (TPSA) is 45.6 Å². The third-order valence-corrected chi connectivity index (χ3v) is 4.92. The van der Waals surface area contributed by atoms with E-state index < -0.39 is 0 Å². The lowest BCUT2D eigenvalue weighted by atomic mass is 10.1. The molecule has 2 amide bonds. The molecule has 7 heteroatoms. The number of amides is 2. The van der Waals surface area contributed by atoms with E-state index in [2.05, 4.69) is 0 Å². The molecule has 134 valence electrons. The van der Waals surface area contributed by atoms with Crippen LogP contribution in [0, 0.1) is 0 Å². The van der Waals surface area contributed by atoms with Crippen molar-refractivity contribution in [3.63, 3.8) is 0 Å². The van der Waals surface area contributed by atoms with E-state index in [1.807, 2.05) is 48.9 Å². The van der Waals surface area contributed by atoms with E-state index in [0.717, 1.165) is 11.4 Å². The van der Waals surface area contributed by atoms with Gasteiger partial charge in [0.2, 0.25) is 0 Å².